The lowest BCUT2D eigenvalue weighted by molar-refractivity contribution is -0.136. The molecular formula is C41H42ClFN10O5. The Kier molecular flexibility index (Phi) is 9.55. The minimum Gasteiger partial charge on any atom is -0.368 e. The summed E-state index contributed by atoms with van der Waals surface area (Å²) in [6.07, 6.45) is 3.13. The fourth-order valence-electron chi connectivity index (χ4n) is 9.67. The van der Waals surface area contributed by atoms with Crippen LogP contribution < -0.4 is 20.0 Å². The molecule has 1 aromatic heterocycles. The number of piperazine rings is 1. The van der Waals surface area contributed by atoms with Crippen LogP contribution in [0.5, 0.6) is 0 Å². The highest BCUT2D eigenvalue weighted by Crippen LogP contribution is 2.46. The average Bonchev–Trinajstić information content (AvgIpc) is 3.65. The largest absolute Gasteiger partial charge is 0.368 e. The third kappa shape index (κ3) is 6.59. The summed E-state index contributed by atoms with van der Waals surface area (Å²) in [5.74, 6) is -2.63. The van der Waals surface area contributed by atoms with E-state index >= 15 is 4.39 Å². The van der Waals surface area contributed by atoms with Crippen molar-refractivity contribution in [3.63, 3.8) is 0 Å². The number of nitrogens with one attached hydrogen (secondary N) is 1. The van der Waals surface area contributed by atoms with Crippen LogP contribution in [0.4, 0.5) is 21.6 Å². The minimum atomic E-state index is -1.12. The summed E-state index contributed by atoms with van der Waals surface area (Å²) in [6.45, 7) is 8.19. The number of imide groups is 2. The molecule has 300 valence electrons. The number of fused-ring (bicyclic) bond motifs is 1. The van der Waals surface area contributed by atoms with Crippen molar-refractivity contribution < 1.29 is 28.4 Å². The molecule has 6 aliphatic rings. The van der Waals surface area contributed by atoms with Crippen LogP contribution in [0.2, 0.25) is 5.02 Å². The van der Waals surface area contributed by atoms with Crippen molar-refractivity contribution in [1.82, 2.24) is 30.2 Å². The first-order chi connectivity index (χ1) is 27.9. The van der Waals surface area contributed by atoms with E-state index in [1.165, 1.54) is 6.07 Å². The molecule has 1 N–H and O–H groups in total. The second-order valence-corrected chi connectivity index (χ2v) is 16.8. The fourth-order valence-corrected chi connectivity index (χ4v) is 9.89. The predicted octanol–water partition coefficient (Wildman–Crippen LogP) is 3.07. The van der Waals surface area contributed by atoms with Gasteiger partial charge < -0.3 is 19.6 Å². The van der Waals surface area contributed by atoms with Crippen LogP contribution in [-0.4, -0.2) is 131 Å². The lowest BCUT2D eigenvalue weighted by Gasteiger charge is -2.49. The van der Waals surface area contributed by atoms with Gasteiger partial charge in [-0.25, -0.2) is 4.39 Å². The van der Waals surface area contributed by atoms with E-state index in [4.69, 9.17) is 11.6 Å². The Morgan fingerprint density at radius 2 is 1.66 bits per heavy atom. The van der Waals surface area contributed by atoms with Crippen LogP contribution in [0.15, 0.2) is 42.5 Å². The van der Waals surface area contributed by atoms with E-state index in [9.17, 15) is 29.2 Å². The van der Waals surface area contributed by atoms with Gasteiger partial charge in [-0.15, -0.1) is 10.2 Å². The summed E-state index contributed by atoms with van der Waals surface area (Å²) in [5, 5.41) is 20.7. The van der Waals surface area contributed by atoms with Crippen molar-refractivity contribution in [2.75, 3.05) is 73.6 Å². The van der Waals surface area contributed by atoms with Gasteiger partial charge >= 0.3 is 0 Å². The van der Waals surface area contributed by atoms with E-state index < -0.39 is 35.5 Å². The fraction of sp³-hybridized carbons (Fsp3) is 0.463. The van der Waals surface area contributed by atoms with E-state index in [0.717, 1.165) is 61.4 Å². The summed E-state index contributed by atoms with van der Waals surface area (Å²) < 4.78 is 15.4. The number of benzene rings is 2. The van der Waals surface area contributed by atoms with Gasteiger partial charge in [0, 0.05) is 83.1 Å². The van der Waals surface area contributed by atoms with Crippen molar-refractivity contribution in [2.45, 2.75) is 57.2 Å². The Hall–Kier alpha value is -5.66. The molecule has 5 fully saturated rings. The third-order valence-electron chi connectivity index (χ3n) is 13.0. The van der Waals surface area contributed by atoms with Gasteiger partial charge in [0.2, 0.25) is 11.8 Å². The SMILES string of the molecule is C[C@H]1CC2(CCN(c3ccc(C(=O)N4CCN(C5CN(c6cc7c(cc6F)C(=O)N(C6CCC(=O)NC6=O)C7=O)C5)CC4)nn3)CC2)CN1c1ccc(C#N)c(Cl)c1. The lowest BCUT2D eigenvalue weighted by atomic mass is 9.77. The highest BCUT2D eigenvalue weighted by Gasteiger charge is 2.47. The summed E-state index contributed by atoms with van der Waals surface area (Å²) in [6, 6.07) is 13.2. The van der Waals surface area contributed by atoms with Gasteiger partial charge in [0.1, 0.15) is 17.9 Å². The first kappa shape index (κ1) is 37.9. The van der Waals surface area contributed by atoms with Crippen molar-refractivity contribution in [1.29, 1.82) is 5.26 Å². The van der Waals surface area contributed by atoms with Crippen molar-refractivity contribution >= 4 is 58.3 Å². The van der Waals surface area contributed by atoms with Crippen molar-refractivity contribution in [3.8, 4) is 6.07 Å². The third-order valence-corrected chi connectivity index (χ3v) is 13.3. The number of halogens is 2. The van der Waals surface area contributed by atoms with Crippen LogP contribution in [0, 0.1) is 22.6 Å². The lowest BCUT2D eigenvalue weighted by Crippen LogP contribution is -2.63. The summed E-state index contributed by atoms with van der Waals surface area (Å²) in [5.41, 5.74) is 2.18. The molecule has 0 bridgehead atoms. The molecule has 0 saturated carbocycles. The average molecular weight is 809 g/mol. The van der Waals surface area contributed by atoms with Crippen LogP contribution in [0.1, 0.15) is 75.8 Å². The number of rotatable bonds is 6. The maximum Gasteiger partial charge on any atom is 0.274 e. The topological polar surface area (TPSA) is 166 Å². The van der Waals surface area contributed by atoms with Gasteiger partial charge in [-0.3, -0.25) is 39.1 Å². The Morgan fingerprint density at radius 1 is 0.931 bits per heavy atom. The van der Waals surface area contributed by atoms with Gasteiger partial charge in [0.05, 0.1) is 27.4 Å². The standard InChI is InChI=1S/C41H42ClFN10O5/c1-24-19-41(23-52(24)26-3-2-25(20-44)30(42)16-26)8-10-49(11-9-41)35-6-4-32(46-47-35)40(58)50-14-12-48(13-15-50)27-21-51(22-27)34-18-29-28(17-31(34)43)38(56)53(39(29)57)33-5-7-36(54)45-37(33)55/h2-4,6,16-18,24,27,33H,5,7-15,19,21-23H2,1H3,(H,45,54,55)/t24-,33?/m0/s1. The number of nitrogens with zero attached hydrogens (tertiary/aromatic N) is 9. The van der Waals surface area contributed by atoms with E-state index in [0.29, 0.717) is 61.6 Å². The smallest absolute Gasteiger partial charge is 0.274 e. The summed E-state index contributed by atoms with van der Waals surface area (Å²) >= 11 is 6.35. The molecule has 1 spiro atoms. The van der Waals surface area contributed by atoms with Crippen LogP contribution in [-0.2, 0) is 9.59 Å². The number of hydrogen-bond acceptors (Lipinski definition) is 12. The predicted molar refractivity (Wildman–Crippen MR) is 210 cm³/mol. The Labute approximate surface area is 339 Å². The number of piperidine rings is 2. The highest BCUT2D eigenvalue weighted by molar-refractivity contribution is 6.32. The molecule has 9 rings (SSSR count). The van der Waals surface area contributed by atoms with Gasteiger partial charge in [0.15, 0.2) is 11.5 Å². The molecule has 1 unspecified atom stereocenters. The Balaban J connectivity index is 0.750. The number of hydrogen-bond donors (Lipinski definition) is 1. The second kappa shape index (κ2) is 14.6. The Morgan fingerprint density at radius 3 is 2.31 bits per heavy atom. The molecule has 17 heteroatoms. The summed E-state index contributed by atoms with van der Waals surface area (Å²) in [7, 11) is 0. The monoisotopic (exact) mass is 808 g/mol. The van der Waals surface area contributed by atoms with Crippen LogP contribution in [0.3, 0.4) is 0 Å². The molecule has 58 heavy (non-hydrogen) atoms. The first-order valence-corrected chi connectivity index (χ1v) is 20.2. The number of amides is 5. The maximum absolute atomic E-state index is 15.4. The molecule has 5 saturated heterocycles. The molecule has 6 aliphatic heterocycles. The Bertz CT molecular complexity index is 2260. The van der Waals surface area contributed by atoms with Crippen LogP contribution in [0.25, 0.3) is 0 Å². The zero-order chi connectivity index (χ0) is 40.5. The van der Waals surface area contributed by atoms with Crippen molar-refractivity contribution in [3.05, 3.63) is 75.7 Å². The van der Waals surface area contributed by atoms with Gasteiger partial charge in [-0.05, 0) is 80.5 Å². The highest BCUT2D eigenvalue weighted by atomic mass is 35.5. The normalized spacial score (nSPS) is 23.7. The summed E-state index contributed by atoms with van der Waals surface area (Å²) in [4.78, 5) is 75.1. The van der Waals surface area contributed by atoms with E-state index in [-0.39, 0.29) is 47.0 Å². The van der Waals surface area contributed by atoms with Gasteiger partial charge in [-0.1, -0.05) is 11.6 Å². The molecule has 0 radical (unpaired) electrons. The number of nitriles is 1. The molecule has 5 amide bonds. The van der Waals surface area contributed by atoms with Gasteiger partial charge in [-0.2, -0.15) is 5.26 Å². The second-order valence-electron chi connectivity index (χ2n) is 16.4. The van der Waals surface area contributed by atoms with Crippen LogP contribution >= 0.6 is 11.6 Å². The number of carbonyl (C=O) groups is 5. The zero-order valence-electron chi connectivity index (χ0n) is 32.0. The minimum absolute atomic E-state index is 0.00338. The number of anilines is 3. The number of carbonyl (C=O) groups excluding carboxylic acids is 5. The maximum atomic E-state index is 15.4. The zero-order valence-corrected chi connectivity index (χ0v) is 32.8. The first-order valence-electron chi connectivity index (χ1n) is 19.8. The van der Waals surface area contributed by atoms with Crippen molar-refractivity contribution in [2.24, 2.45) is 5.41 Å². The quantitative estimate of drug-likeness (QED) is 0.363. The van der Waals surface area contributed by atoms with E-state index in [1.54, 1.807) is 17.0 Å². The van der Waals surface area contributed by atoms with E-state index in [2.05, 4.69) is 43.2 Å². The molecule has 0 aliphatic carbocycles. The molecule has 3 aromatic rings. The molecule has 2 atom stereocenters. The van der Waals surface area contributed by atoms with E-state index in [1.807, 2.05) is 23.1 Å². The molecule has 15 nitrogen and oxygen atoms in total. The molecule has 2 aromatic carbocycles. The molecule has 7 heterocycles. The van der Waals surface area contributed by atoms with Gasteiger partial charge in [0.25, 0.3) is 17.7 Å². The molecular weight excluding hydrogens is 767 g/mol. The number of aromatic nitrogens is 2.